The number of amides is 1. The van der Waals surface area contributed by atoms with Gasteiger partial charge in [0.15, 0.2) is 11.6 Å². The van der Waals surface area contributed by atoms with Gasteiger partial charge in [0.2, 0.25) is 0 Å². The van der Waals surface area contributed by atoms with E-state index in [0.717, 1.165) is 17.0 Å². The van der Waals surface area contributed by atoms with Crippen molar-refractivity contribution in [2.24, 2.45) is 7.05 Å². The average Bonchev–Trinajstić information content (AvgIpc) is 2.99. The van der Waals surface area contributed by atoms with Crippen LogP contribution in [-0.2, 0) is 7.05 Å². The summed E-state index contributed by atoms with van der Waals surface area (Å²) in [4.78, 5) is 12.1. The van der Waals surface area contributed by atoms with Crippen molar-refractivity contribution in [2.75, 3.05) is 13.7 Å². The fraction of sp³-hybridized carbons (Fsp3) is 0.211. The molecule has 0 radical (unpaired) electrons. The zero-order valence-corrected chi connectivity index (χ0v) is 14.0. The molecule has 0 fully saturated rings. The van der Waals surface area contributed by atoms with Gasteiger partial charge in [0.25, 0.3) is 5.91 Å². The van der Waals surface area contributed by atoms with Crippen molar-refractivity contribution in [3.05, 3.63) is 65.6 Å². The summed E-state index contributed by atoms with van der Waals surface area (Å²) >= 11 is 0. The number of nitrogens with one attached hydrogen (secondary N) is 1. The van der Waals surface area contributed by atoms with Crippen LogP contribution in [0.1, 0.15) is 22.0 Å². The van der Waals surface area contributed by atoms with Crippen LogP contribution in [0.2, 0.25) is 0 Å². The second-order valence-corrected chi connectivity index (χ2v) is 5.82. The highest BCUT2D eigenvalue weighted by Crippen LogP contribution is 2.21. The zero-order chi connectivity index (χ0) is 18.0. The topological polar surface area (TPSA) is 63.5 Å². The molecule has 1 atom stereocenters. The molecule has 1 amide bonds. The van der Waals surface area contributed by atoms with Crippen LogP contribution in [0.3, 0.4) is 0 Å². The van der Waals surface area contributed by atoms with Crippen LogP contribution in [0.25, 0.3) is 10.9 Å². The number of aryl methyl sites for hydroxylation is 1. The van der Waals surface area contributed by atoms with E-state index in [-0.39, 0.29) is 17.9 Å². The minimum atomic E-state index is -0.850. The molecule has 0 bridgehead atoms. The maximum absolute atomic E-state index is 13.7. The first kappa shape index (κ1) is 17.0. The zero-order valence-electron chi connectivity index (χ0n) is 14.0. The lowest BCUT2D eigenvalue weighted by Crippen LogP contribution is -2.28. The molecular weight excluding hydrogens is 323 g/mol. The van der Waals surface area contributed by atoms with E-state index < -0.39 is 17.8 Å². The van der Waals surface area contributed by atoms with Crippen LogP contribution in [0.5, 0.6) is 5.75 Å². The number of hydrogen-bond donors (Lipinski definition) is 2. The van der Waals surface area contributed by atoms with Gasteiger partial charge in [-0.2, -0.15) is 0 Å². The first-order chi connectivity index (χ1) is 12.0. The summed E-state index contributed by atoms with van der Waals surface area (Å²) in [7, 11) is 3.31. The largest absolute Gasteiger partial charge is 0.494 e. The molecule has 1 heterocycles. The molecule has 3 rings (SSSR count). The number of carbonyl (C=O) groups excluding carboxylic acids is 1. The minimum Gasteiger partial charge on any atom is -0.494 e. The predicted octanol–water partition coefficient (Wildman–Crippen LogP) is 2.79. The Morgan fingerprint density at radius 2 is 2.08 bits per heavy atom. The van der Waals surface area contributed by atoms with Gasteiger partial charge < -0.3 is 19.7 Å². The summed E-state index contributed by atoms with van der Waals surface area (Å²) in [5.74, 6) is -0.987. The molecule has 5 nitrogen and oxygen atoms in total. The molecule has 6 heteroatoms. The van der Waals surface area contributed by atoms with Crippen molar-refractivity contribution < 1.29 is 19.0 Å². The number of benzene rings is 2. The van der Waals surface area contributed by atoms with Crippen molar-refractivity contribution in [2.45, 2.75) is 6.10 Å². The minimum absolute atomic E-state index is 0.0326. The lowest BCUT2D eigenvalue weighted by molar-refractivity contribution is 0.0916. The monoisotopic (exact) mass is 342 g/mol. The third kappa shape index (κ3) is 3.49. The second kappa shape index (κ2) is 6.94. The number of aliphatic hydroxyl groups is 1. The SMILES string of the molecule is COc1ccc(C(=O)NC[C@@H](O)c2ccc3c(ccn3C)c2)cc1F. The lowest BCUT2D eigenvalue weighted by Gasteiger charge is -2.13. The number of carbonyl (C=O) groups is 1. The van der Waals surface area contributed by atoms with Gasteiger partial charge in [-0.15, -0.1) is 0 Å². The third-order valence-electron chi connectivity index (χ3n) is 4.16. The van der Waals surface area contributed by atoms with Gasteiger partial charge in [0.1, 0.15) is 0 Å². The van der Waals surface area contributed by atoms with E-state index >= 15 is 0 Å². The van der Waals surface area contributed by atoms with Crippen molar-refractivity contribution in [3.63, 3.8) is 0 Å². The summed E-state index contributed by atoms with van der Waals surface area (Å²) in [6.45, 7) is 0.0326. The summed E-state index contributed by atoms with van der Waals surface area (Å²) in [6, 6.07) is 11.6. The summed E-state index contributed by atoms with van der Waals surface area (Å²) < 4.78 is 20.5. The van der Waals surface area contributed by atoms with E-state index in [1.807, 2.05) is 42.1 Å². The van der Waals surface area contributed by atoms with Gasteiger partial charge in [0, 0.05) is 30.9 Å². The Hall–Kier alpha value is -2.86. The van der Waals surface area contributed by atoms with Crippen molar-refractivity contribution in [1.29, 1.82) is 0 Å². The van der Waals surface area contributed by atoms with E-state index in [1.165, 1.54) is 19.2 Å². The predicted molar refractivity (Wildman–Crippen MR) is 93.2 cm³/mol. The third-order valence-corrected chi connectivity index (χ3v) is 4.16. The van der Waals surface area contributed by atoms with E-state index in [4.69, 9.17) is 4.74 Å². The number of ether oxygens (including phenoxy) is 1. The molecule has 0 saturated heterocycles. The molecule has 0 aliphatic carbocycles. The van der Waals surface area contributed by atoms with Gasteiger partial charge in [-0.1, -0.05) is 6.07 Å². The van der Waals surface area contributed by atoms with Gasteiger partial charge >= 0.3 is 0 Å². The molecule has 2 N–H and O–H groups in total. The second-order valence-electron chi connectivity index (χ2n) is 5.82. The highest BCUT2D eigenvalue weighted by atomic mass is 19.1. The number of aliphatic hydroxyl groups excluding tert-OH is 1. The molecular formula is C19H19FN2O3. The number of halogens is 1. The first-order valence-corrected chi connectivity index (χ1v) is 7.84. The van der Waals surface area contributed by atoms with Gasteiger partial charge in [0.05, 0.1) is 13.2 Å². The highest BCUT2D eigenvalue weighted by Gasteiger charge is 2.13. The molecule has 0 saturated carbocycles. The van der Waals surface area contributed by atoms with Crippen molar-refractivity contribution in [3.8, 4) is 5.75 Å². The Morgan fingerprint density at radius 3 is 2.80 bits per heavy atom. The number of aromatic nitrogens is 1. The van der Waals surface area contributed by atoms with Crippen LogP contribution < -0.4 is 10.1 Å². The standard InChI is InChI=1S/C19H19FN2O3/c1-22-8-7-12-9-13(3-5-16(12)22)17(23)11-21-19(24)14-4-6-18(25-2)15(20)10-14/h3-10,17,23H,11H2,1-2H3,(H,21,24)/t17-/m1/s1. The first-order valence-electron chi connectivity index (χ1n) is 7.84. The average molecular weight is 342 g/mol. The Labute approximate surface area is 144 Å². The maximum atomic E-state index is 13.7. The van der Waals surface area contributed by atoms with Gasteiger partial charge in [-0.25, -0.2) is 4.39 Å². The number of fused-ring (bicyclic) bond motifs is 1. The summed E-state index contributed by atoms with van der Waals surface area (Å²) in [5.41, 5.74) is 1.94. The Kier molecular flexibility index (Phi) is 4.72. The molecule has 0 unspecified atom stereocenters. The molecule has 0 aliphatic rings. The summed E-state index contributed by atoms with van der Waals surface area (Å²) in [5, 5.41) is 13.9. The number of rotatable bonds is 5. The van der Waals surface area contributed by atoms with E-state index in [2.05, 4.69) is 5.32 Å². The van der Waals surface area contributed by atoms with Gasteiger partial charge in [-0.3, -0.25) is 4.79 Å². The van der Waals surface area contributed by atoms with E-state index in [9.17, 15) is 14.3 Å². The molecule has 1 aromatic heterocycles. The highest BCUT2D eigenvalue weighted by molar-refractivity contribution is 5.94. The quantitative estimate of drug-likeness (QED) is 0.749. The van der Waals surface area contributed by atoms with Crippen LogP contribution in [0.4, 0.5) is 4.39 Å². The number of nitrogens with zero attached hydrogens (tertiary/aromatic N) is 1. The molecule has 25 heavy (non-hydrogen) atoms. The lowest BCUT2D eigenvalue weighted by atomic mass is 10.1. The molecule has 0 spiro atoms. The molecule has 0 aliphatic heterocycles. The Balaban J connectivity index is 1.67. The molecule has 3 aromatic rings. The van der Waals surface area contributed by atoms with Crippen molar-refractivity contribution in [1.82, 2.24) is 9.88 Å². The van der Waals surface area contributed by atoms with Crippen molar-refractivity contribution >= 4 is 16.8 Å². The molecule has 2 aromatic carbocycles. The number of methoxy groups -OCH3 is 1. The van der Waals surface area contributed by atoms with E-state index in [1.54, 1.807) is 0 Å². The smallest absolute Gasteiger partial charge is 0.251 e. The van der Waals surface area contributed by atoms with Crippen LogP contribution in [0, 0.1) is 5.82 Å². The van der Waals surface area contributed by atoms with E-state index in [0.29, 0.717) is 5.56 Å². The van der Waals surface area contributed by atoms with Crippen LogP contribution in [-0.4, -0.2) is 29.2 Å². The van der Waals surface area contributed by atoms with Gasteiger partial charge in [-0.05, 0) is 47.3 Å². The fourth-order valence-electron chi connectivity index (χ4n) is 2.72. The normalized spacial score (nSPS) is 12.2. The fourth-order valence-corrected chi connectivity index (χ4v) is 2.72. The maximum Gasteiger partial charge on any atom is 0.251 e. The Bertz CT molecular complexity index is 920. The van der Waals surface area contributed by atoms with Crippen LogP contribution in [0.15, 0.2) is 48.7 Å². The number of hydrogen-bond acceptors (Lipinski definition) is 3. The van der Waals surface area contributed by atoms with Crippen LogP contribution >= 0.6 is 0 Å². The summed E-state index contributed by atoms with van der Waals surface area (Å²) in [6.07, 6.45) is 1.09. The Morgan fingerprint density at radius 1 is 1.28 bits per heavy atom. The molecule has 130 valence electrons.